The summed E-state index contributed by atoms with van der Waals surface area (Å²) in [6, 6.07) is 5.22. The van der Waals surface area contributed by atoms with Crippen molar-refractivity contribution in [2.45, 2.75) is 0 Å². The minimum absolute atomic E-state index is 0. The average Bonchev–Trinajstić information content (AvgIpc) is 2.94. The van der Waals surface area contributed by atoms with Crippen LogP contribution in [-0.2, 0) is 0 Å². The molecule has 6 nitrogen and oxygen atoms in total. The summed E-state index contributed by atoms with van der Waals surface area (Å²) in [6.07, 6.45) is -0.868. The van der Waals surface area contributed by atoms with Crippen LogP contribution in [0.4, 0.5) is 10.5 Å². The maximum Gasteiger partial charge on any atom is 0.410 e. The number of para-hydroxylation sites is 1. The van der Waals surface area contributed by atoms with E-state index in [0.717, 1.165) is 11.1 Å². The summed E-state index contributed by atoms with van der Waals surface area (Å²) in [4.78, 5) is 18.4. The molecule has 0 spiro atoms. The lowest BCUT2D eigenvalue weighted by Crippen LogP contribution is -2.16. The fraction of sp³-hybridized carbons (Fsp3) is 0. The highest BCUT2D eigenvalue weighted by atomic mass is 35.5. The van der Waals surface area contributed by atoms with E-state index in [2.05, 4.69) is 9.97 Å². The number of aromatic nitrogens is 2. The van der Waals surface area contributed by atoms with Crippen LogP contribution >= 0.6 is 23.7 Å². The molecule has 0 aliphatic carbocycles. The summed E-state index contributed by atoms with van der Waals surface area (Å²) in [6.45, 7) is 0. The molecule has 2 aromatic heterocycles. The standard InChI is InChI=1S/C12H10N4O2S.ClH/c13-7-5-19-4-6(7)11-15-8-2-1-3-9(10(8)16-11)18-12(14)17;/h1-5H,13H2,(H2,14,17)(H,15,16);1H. The van der Waals surface area contributed by atoms with Crippen molar-refractivity contribution in [3.8, 4) is 17.1 Å². The lowest BCUT2D eigenvalue weighted by Gasteiger charge is -1.99. The number of aromatic amines is 1. The van der Waals surface area contributed by atoms with E-state index < -0.39 is 6.09 Å². The van der Waals surface area contributed by atoms with Crippen molar-refractivity contribution in [3.05, 3.63) is 29.0 Å². The van der Waals surface area contributed by atoms with E-state index >= 15 is 0 Å². The molecule has 20 heavy (non-hydrogen) atoms. The first-order valence-corrected chi connectivity index (χ1v) is 6.37. The Balaban J connectivity index is 0.00000147. The normalized spacial score (nSPS) is 10.2. The first kappa shape index (κ1) is 14.2. The number of benzene rings is 1. The van der Waals surface area contributed by atoms with Crippen LogP contribution in [0.2, 0.25) is 0 Å². The molecular weight excluding hydrogens is 300 g/mol. The van der Waals surface area contributed by atoms with Crippen LogP contribution in [0.3, 0.4) is 0 Å². The van der Waals surface area contributed by atoms with Gasteiger partial charge < -0.3 is 21.2 Å². The van der Waals surface area contributed by atoms with E-state index in [9.17, 15) is 4.79 Å². The van der Waals surface area contributed by atoms with E-state index in [1.54, 1.807) is 12.1 Å². The Labute approximate surface area is 124 Å². The third-order valence-corrected chi connectivity index (χ3v) is 3.40. The number of amides is 1. The van der Waals surface area contributed by atoms with Gasteiger partial charge in [-0.05, 0) is 12.1 Å². The number of carbonyl (C=O) groups excluding carboxylic acids is 1. The van der Waals surface area contributed by atoms with Crippen molar-refractivity contribution in [2.75, 3.05) is 5.73 Å². The van der Waals surface area contributed by atoms with E-state index in [1.165, 1.54) is 11.3 Å². The van der Waals surface area contributed by atoms with Crippen molar-refractivity contribution in [2.24, 2.45) is 5.73 Å². The van der Waals surface area contributed by atoms with Crippen molar-refractivity contribution in [1.29, 1.82) is 0 Å². The van der Waals surface area contributed by atoms with Crippen molar-refractivity contribution >= 4 is 46.6 Å². The van der Waals surface area contributed by atoms with Gasteiger partial charge in [-0.3, -0.25) is 0 Å². The van der Waals surface area contributed by atoms with Gasteiger partial charge in [0.25, 0.3) is 0 Å². The zero-order chi connectivity index (χ0) is 13.4. The molecule has 1 aromatic carbocycles. The summed E-state index contributed by atoms with van der Waals surface area (Å²) < 4.78 is 4.92. The number of ether oxygens (including phenoxy) is 1. The largest absolute Gasteiger partial charge is 0.410 e. The van der Waals surface area contributed by atoms with Gasteiger partial charge in [-0.2, -0.15) is 0 Å². The van der Waals surface area contributed by atoms with Crippen molar-refractivity contribution in [3.63, 3.8) is 0 Å². The van der Waals surface area contributed by atoms with Gasteiger partial charge in [0.2, 0.25) is 0 Å². The maximum atomic E-state index is 10.8. The molecule has 0 bridgehead atoms. The van der Waals surface area contributed by atoms with E-state index in [-0.39, 0.29) is 12.4 Å². The molecule has 0 atom stereocenters. The minimum Gasteiger partial charge on any atom is -0.408 e. The van der Waals surface area contributed by atoms with E-state index in [1.807, 2.05) is 16.8 Å². The molecular formula is C12H11ClN4O2S. The fourth-order valence-electron chi connectivity index (χ4n) is 1.82. The summed E-state index contributed by atoms with van der Waals surface area (Å²) in [5.41, 5.74) is 13.7. The van der Waals surface area contributed by atoms with Crippen molar-refractivity contribution in [1.82, 2.24) is 9.97 Å². The number of hydrogen-bond donors (Lipinski definition) is 3. The highest BCUT2D eigenvalue weighted by molar-refractivity contribution is 7.08. The Morgan fingerprint density at radius 2 is 2.15 bits per heavy atom. The second kappa shape index (κ2) is 5.40. The van der Waals surface area contributed by atoms with Crippen LogP contribution in [0.1, 0.15) is 0 Å². The number of nitrogens with two attached hydrogens (primary N) is 2. The van der Waals surface area contributed by atoms with Crippen LogP contribution in [-0.4, -0.2) is 16.1 Å². The predicted molar refractivity (Wildman–Crippen MR) is 81.3 cm³/mol. The third kappa shape index (κ3) is 2.40. The predicted octanol–water partition coefficient (Wildman–Crippen LogP) is 2.75. The molecule has 1 amide bonds. The fourth-order valence-corrected chi connectivity index (χ4v) is 2.55. The molecule has 0 aliphatic heterocycles. The van der Waals surface area contributed by atoms with Gasteiger partial charge in [0, 0.05) is 10.8 Å². The number of carbonyl (C=O) groups is 1. The van der Waals surface area contributed by atoms with Gasteiger partial charge in [0.05, 0.1) is 16.8 Å². The van der Waals surface area contributed by atoms with Crippen LogP contribution in [0, 0.1) is 0 Å². The lowest BCUT2D eigenvalue weighted by atomic mass is 10.3. The minimum atomic E-state index is -0.868. The summed E-state index contributed by atoms with van der Waals surface area (Å²) in [5, 5.41) is 3.74. The van der Waals surface area contributed by atoms with Gasteiger partial charge in [0.1, 0.15) is 11.3 Å². The zero-order valence-corrected chi connectivity index (χ0v) is 11.8. The molecule has 3 aromatic rings. The maximum absolute atomic E-state index is 10.8. The Morgan fingerprint density at radius 3 is 2.80 bits per heavy atom. The van der Waals surface area contributed by atoms with Crippen LogP contribution < -0.4 is 16.2 Å². The van der Waals surface area contributed by atoms with E-state index in [0.29, 0.717) is 22.8 Å². The number of rotatable bonds is 2. The topological polar surface area (TPSA) is 107 Å². The number of fused-ring (bicyclic) bond motifs is 1. The molecule has 5 N–H and O–H groups in total. The third-order valence-electron chi connectivity index (χ3n) is 2.63. The Hall–Kier alpha value is -2.25. The van der Waals surface area contributed by atoms with Gasteiger partial charge in [-0.1, -0.05) is 6.07 Å². The number of H-pyrrole nitrogens is 1. The second-order valence-electron chi connectivity index (χ2n) is 3.90. The monoisotopic (exact) mass is 310 g/mol. The molecule has 3 rings (SSSR count). The first-order chi connectivity index (χ1) is 9.15. The number of anilines is 1. The Bertz CT molecular complexity index is 768. The molecule has 2 heterocycles. The number of primary amides is 1. The van der Waals surface area contributed by atoms with E-state index in [4.69, 9.17) is 16.2 Å². The molecule has 0 fully saturated rings. The Morgan fingerprint density at radius 1 is 1.35 bits per heavy atom. The number of halogens is 1. The van der Waals surface area contributed by atoms with Gasteiger partial charge in [-0.25, -0.2) is 9.78 Å². The summed E-state index contributed by atoms with van der Waals surface area (Å²) in [5.74, 6) is 0.954. The summed E-state index contributed by atoms with van der Waals surface area (Å²) in [7, 11) is 0. The molecule has 104 valence electrons. The SMILES string of the molecule is Cl.NC(=O)Oc1cccc2[nH]c(-c3cscc3N)nc12. The first-order valence-electron chi connectivity index (χ1n) is 5.43. The smallest absolute Gasteiger partial charge is 0.408 e. The van der Waals surface area contributed by atoms with Gasteiger partial charge in [-0.15, -0.1) is 23.7 Å². The Kier molecular flexibility index (Phi) is 3.82. The van der Waals surface area contributed by atoms with Crippen LogP contribution in [0.25, 0.3) is 22.4 Å². The number of thiophene rings is 1. The molecule has 0 aliphatic rings. The molecule has 0 radical (unpaired) electrons. The number of nitrogens with zero attached hydrogens (tertiary/aromatic N) is 1. The number of nitrogen functional groups attached to an aromatic ring is 1. The second-order valence-corrected chi connectivity index (χ2v) is 4.64. The highest BCUT2D eigenvalue weighted by Crippen LogP contribution is 2.31. The molecule has 8 heteroatoms. The van der Waals surface area contributed by atoms with Crippen molar-refractivity contribution < 1.29 is 9.53 Å². The quantitative estimate of drug-likeness (QED) is 0.676. The summed E-state index contributed by atoms with van der Waals surface area (Å²) >= 11 is 1.50. The zero-order valence-electron chi connectivity index (χ0n) is 10.1. The molecule has 0 unspecified atom stereocenters. The van der Waals surface area contributed by atoms with Crippen LogP contribution in [0.5, 0.6) is 5.75 Å². The number of imidazole rings is 1. The number of hydrogen-bond acceptors (Lipinski definition) is 5. The highest BCUT2D eigenvalue weighted by Gasteiger charge is 2.13. The average molecular weight is 311 g/mol. The van der Waals surface area contributed by atoms with Gasteiger partial charge >= 0.3 is 6.09 Å². The van der Waals surface area contributed by atoms with Gasteiger partial charge in [0.15, 0.2) is 5.75 Å². The van der Waals surface area contributed by atoms with Crippen LogP contribution in [0.15, 0.2) is 29.0 Å². The molecule has 0 saturated heterocycles. The molecule has 0 saturated carbocycles. The lowest BCUT2D eigenvalue weighted by molar-refractivity contribution is 0.211. The number of nitrogens with one attached hydrogen (secondary N) is 1.